The molecule has 0 aliphatic heterocycles. The van der Waals surface area contributed by atoms with E-state index in [1.54, 1.807) is 40.7 Å². The molecular weight excluding hydrogens is 504 g/mol. The molecule has 1 aliphatic carbocycles. The Morgan fingerprint density at radius 1 is 1.23 bits per heavy atom. The van der Waals surface area contributed by atoms with Gasteiger partial charge in [0.1, 0.15) is 24.5 Å². The molecule has 1 aliphatic rings. The van der Waals surface area contributed by atoms with Gasteiger partial charge in [-0.1, -0.05) is 23.1 Å². The van der Waals surface area contributed by atoms with Crippen molar-refractivity contribution in [3.05, 3.63) is 57.6 Å². The summed E-state index contributed by atoms with van der Waals surface area (Å²) in [6, 6.07) is 8.57. The van der Waals surface area contributed by atoms with Gasteiger partial charge in [0, 0.05) is 16.8 Å². The lowest BCUT2D eigenvalue weighted by molar-refractivity contribution is -0.116. The molecule has 5 rings (SSSR count). The van der Waals surface area contributed by atoms with Crippen molar-refractivity contribution in [2.24, 2.45) is 5.92 Å². The summed E-state index contributed by atoms with van der Waals surface area (Å²) in [6.07, 6.45) is 4.00. The molecule has 4 aromatic rings. The molecule has 0 spiro atoms. The average Bonchev–Trinajstić information content (AvgIpc) is 3.59. The van der Waals surface area contributed by atoms with Crippen molar-refractivity contribution < 1.29 is 9.18 Å². The quantitative estimate of drug-likeness (QED) is 0.207. The van der Waals surface area contributed by atoms with Crippen LogP contribution in [0.2, 0.25) is 0 Å². The Balaban J connectivity index is 1.32. The molecule has 0 atom stereocenters. The second kappa shape index (κ2) is 10.00. The van der Waals surface area contributed by atoms with Gasteiger partial charge in [-0.05, 0) is 86.3 Å². The van der Waals surface area contributed by atoms with E-state index in [1.807, 2.05) is 13.8 Å². The number of halogens is 1. The van der Waals surface area contributed by atoms with Gasteiger partial charge in [0.2, 0.25) is 5.91 Å². The van der Waals surface area contributed by atoms with Crippen LogP contribution in [0, 0.1) is 29.5 Å². The highest BCUT2D eigenvalue weighted by Crippen LogP contribution is 2.35. The molecule has 1 fully saturated rings. The average molecular weight is 527 g/mol. The normalized spacial score (nSPS) is 13.2. The van der Waals surface area contributed by atoms with Crippen molar-refractivity contribution >= 4 is 69.3 Å². The van der Waals surface area contributed by atoms with Crippen LogP contribution in [0.25, 0.3) is 10.9 Å². The molecule has 0 saturated heterocycles. The van der Waals surface area contributed by atoms with E-state index in [0.29, 0.717) is 32.0 Å². The minimum absolute atomic E-state index is 0.0294. The molecule has 11 heteroatoms. The summed E-state index contributed by atoms with van der Waals surface area (Å²) in [6.45, 7) is 3.82. The second-order valence-electron chi connectivity index (χ2n) is 8.59. The Morgan fingerprint density at radius 2 is 2.03 bits per heavy atom. The lowest BCUT2D eigenvalue weighted by atomic mass is 10.1. The van der Waals surface area contributed by atoms with Gasteiger partial charge in [-0.15, -0.1) is 0 Å². The third-order valence-electron chi connectivity index (χ3n) is 5.78. The molecule has 1 saturated carbocycles. The molecule has 0 radical (unpaired) electrons. The van der Waals surface area contributed by atoms with Gasteiger partial charge >= 0.3 is 0 Å². The molecular formula is C24H23FN6OS3. The first-order valence-electron chi connectivity index (χ1n) is 11.1. The number of thioether (sulfide) groups is 1. The fourth-order valence-electron chi connectivity index (χ4n) is 3.49. The highest BCUT2D eigenvalue weighted by atomic mass is 32.2. The van der Waals surface area contributed by atoms with Crippen molar-refractivity contribution in [1.82, 2.24) is 19.7 Å². The zero-order chi connectivity index (χ0) is 24.5. The van der Waals surface area contributed by atoms with Crippen molar-refractivity contribution in [3.63, 3.8) is 0 Å². The van der Waals surface area contributed by atoms with Crippen molar-refractivity contribution in [3.8, 4) is 0 Å². The number of rotatable bonds is 8. The van der Waals surface area contributed by atoms with Gasteiger partial charge in [-0.2, -0.15) is 5.10 Å². The summed E-state index contributed by atoms with van der Waals surface area (Å²) in [5.74, 6) is 1.69. The van der Waals surface area contributed by atoms with Gasteiger partial charge in [0.05, 0.1) is 11.2 Å². The maximum Gasteiger partial charge on any atom is 0.246 e. The molecule has 2 aromatic carbocycles. The van der Waals surface area contributed by atoms with E-state index >= 15 is 0 Å². The maximum atomic E-state index is 14.5. The van der Waals surface area contributed by atoms with E-state index in [1.165, 1.54) is 36.6 Å². The van der Waals surface area contributed by atoms with Crippen LogP contribution in [0.5, 0.6) is 0 Å². The minimum atomic E-state index is -0.362. The van der Waals surface area contributed by atoms with Gasteiger partial charge in [-0.3, -0.25) is 4.79 Å². The second-order valence-corrected chi connectivity index (χ2v) is 11.5. The summed E-state index contributed by atoms with van der Waals surface area (Å²) in [5.41, 5.74) is 3.42. The number of nitrogens with zero attached hydrogens (tertiary/aromatic N) is 4. The van der Waals surface area contributed by atoms with E-state index in [4.69, 9.17) is 12.2 Å². The lowest BCUT2D eigenvalue weighted by Gasteiger charge is -2.12. The molecule has 35 heavy (non-hydrogen) atoms. The van der Waals surface area contributed by atoms with Crippen molar-refractivity contribution in [2.75, 3.05) is 16.4 Å². The van der Waals surface area contributed by atoms with Crippen LogP contribution in [0.4, 0.5) is 21.6 Å². The fraction of sp³-hybridized carbons (Fsp3) is 0.292. The Kier molecular flexibility index (Phi) is 6.81. The van der Waals surface area contributed by atoms with Crippen LogP contribution in [0.3, 0.4) is 0 Å². The SMILES string of the molecule is Cc1cc(F)c(Nc2ncnc3ccc(NC(=O)Cn4nc(SCC5CC5)sc4=S)cc23)cc1C. The molecule has 7 nitrogen and oxygen atoms in total. The molecule has 1 amide bonds. The number of benzene rings is 2. The Morgan fingerprint density at radius 3 is 2.83 bits per heavy atom. The van der Waals surface area contributed by atoms with E-state index in [9.17, 15) is 9.18 Å². The highest BCUT2D eigenvalue weighted by molar-refractivity contribution is 8.01. The summed E-state index contributed by atoms with van der Waals surface area (Å²) < 4.78 is 17.6. The Bertz CT molecular complexity index is 1480. The maximum absolute atomic E-state index is 14.5. The number of amides is 1. The highest BCUT2D eigenvalue weighted by Gasteiger charge is 2.22. The molecule has 0 bridgehead atoms. The molecule has 2 N–H and O–H groups in total. The van der Waals surface area contributed by atoms with Crippen LogP contribution in [0.15, 0.2) is 41.0 Å². The smallest absolute Gasteiger partial charge is 0.246 e. The van der Waals surface area contributed by atoms with Gasteiger partial charge in [0.15, 0.2) is 8.29 Å². The van der Waals surface area contributed by atoms with E-state index in [-0.39, 0.29) is 18.3 Å². The molecule has 2 heterocycles. The topological polar surface area (TPSA) is 84.7 Å². The zero-order valence-corrected chi connectivity index (χ0v) is 21.6. The summed E-state index contributed by atoms with van der Waals surface area (Å²) in [4.78, 5) is 21.3. The Hall–Kier alpha value is -2.89. The van der Waals surface area contributed by atoms with Gasteiger partial charge in [-0.25, -0.2) is 19.0 Å². The minimum Gasteiger partial charge on any atom is -0.337 e. The number of nitrogens with one attached hydrogen (secondary N) is 2. The third kappa shape index (κ3) is 5.68. The molecule has 2 aromatic heterocycles. The van der Waals surface area contributed by atoms with Crippen LogP contribution >= 0.6 is 35.3 Å². The standard InChI is InChI=1S/C24H23FN6OS3/c1-13-7-18(25)20(8-14(13)2)29-22-17-9-16(5-6-19(17)26-12-27-22)28-21(32)10-31-24(33)35-23(30-31)34-11-15-3-4-15/h5-9,12,15H,3-4,10-11H2,1-2H3,(H,28,32)(H,26,27,29). The number of anilines is 3. The lowest BCUT2D eigenvalue weighted by Crippen LogP contribution is -2.19. The number of aryl methyl sites for hydroxylation is 2. The van der Waals surface area contributed by atoms with E-state index in [2.05, 4.69) is 25.7 Å². The molecule has 180 valence electrons. The van der Waals surface area contributed by atoms with E-state index < -0.39 is 0 Å². The number of hydrogen-bond donors (Lipinski definition) is 2. The predicted molar refractivity (Wildman–Crippen MR) is 142 cm³/mol. The van der Waals surface area contributed by atoms with Crippen LogP contribution in [-0.4, -0.2) is 31.4 Å². The Labute approximate surface area is 215 Å². The van der Waals surface area contributed by atoms with Crippen LogP contribution in [0.1, 0.15) is 24.0 Å². The number of carbonyl (C=O) groups is 1. The zero-order valence-electron chi connectivity index (χ0n) is 19.2. The summed E-state index contributed by atoms with van der Waals surface area (Å²) in [7, 11) is 0. The summed E-state index contributed by atoms with van der Waals surface area (Å²) in [5, 5.41) is 11.1. The van der Waals surface area contributed by atoms with Gasteiger partial charge in [0.25, 0.3) is 0 Å². The molecule has 0 unspecified atom stereocenters. The van der Waals surface area contributed by atoms with Crippen LogP contribution < -0.4 is 10.6 Å². The summed E-state index contributed by atoms with van der Waals surface area (Å²) >= 11 is 8.53. The third-order valence-corrected chi connectivity index (χ3v) is 8.45. The van der Waals surface area contributed by atoms with E-state index in [0.717, 1.165) is 27.1 Å². The first kappa shape index (κ1) is 23.8. The number of aromatic nitrogens is 4. The first-order chi connectivity index (χ1) is 16.9. The number of carbonyl (C=O) groups excluding carboxylic acids is 1. The van der Waals surface area contributed by atoms with Crippen LogP contribution in [-0.2, 0) is 11.3 Å². The number of hydrogen-bond acceptors (Lipinski definition) is 8. The monoisotopic (exact) mass is 526 g/mol. The van der Waals surface area contributed by atoms with Gasteiger partial charge < -0.3 is 10.6 Å². The largest absolute Gasteiger partial charge is 0.337 e. The predicted octanol–water partition coefficient (Wildman–Crippen LogP) is 6.26. The van der Waals surface area contributed by atoms with Crippen molar-refractivity contribution in [2.45, 2.75) is 37.6 Å². The van der Waals surface area contributed by atoms with Crippen molar-refractivity contribution in [1.29, 1.82) is 0 Å². The fourth-order valence-corrected chi connectivity index (χ4v) is 6.04. The number of fused-ring (bicyclic) bond motifs is 1. The first-order valence-corrected chi connectivity index (χ1v) is 13.4.